The first-order valence-corrected chi connectivity index (χ1v) is 7.68. The molecule has 0 aromatic rings. The number of nitrogens with two attached hydrogens (primary N) is 1. The maximum Gasteiger partial charge on any atom is 0.235 e. The zero-order chi connectivity index (χ0) is 13.9. The monoisotopic (exact) mass is 284 g/mol. The second kappa shape index (κ2) is 6.18. The first kappa shape index (κ1) is 14.7. The van der Waals surface area contributed by atoms with Crippen molar-refractivity contribution in [1.29, 1.82) is 0 Å². The largest absolute Gasteiger partial charge is 0.392 e. The van der Waals surface area contributed by atoms with Crippen LogP contribution in [0.2, 0.25) is 0 Å². The molecule has 1 amide bonds. The van der Waals surface area contributed by atoms with E-state index in [2.05, 4.69) is 6.92 Å². The smallest absolute Gasteiger partial charge is 0.235 e. The normalized spacial score (nSPS) is 27.0. The second-order valence-corrected chi connectivity index (χ2v) is 6.17. The van der Waals surface area contributed by atoms with Gasteiger partial charge in [0, 0.05) is 26.3 Å². The number of thiocarbonyl (C=S) groups is 1. The Labute approximate surface area is 120 Å². The van der Waals surface area contributed by atoms with Crippen molar-refractivity contribution in [3.63, 3.8) is 0 Å². The maximum absolute atomic E-state index is 12.9. The third-order valence-electron chi connectivity index (χ3n) is 4.61. The maximum atomic E-state index is 12.9. The topological polar surface area (TPSA) is 55.6 Å². The molecule has 2 N–H and O–H groups in total. The van der Waals surface area contributed by atoms with Crippen LogP contribution in [0.5, 0.6) is 0 Å². The molecular formula is C14H24N2O2S. The SMILES string of the molecule is CCC1CCCN(C(=O)C2(C(N)=S)CCOCC2)C1. The van der Waals surface area contributed by atoms with Gasteiger partial charge < -0.3 is 15.4 Å². The van der Waals surface area contributed by atoms with Gasteiger partial charge in [-0.15, -0.1) is 0 Å². The standard InChI is InChI=1S/C14H24N2O2S/c1-2-11-4-3-7-16(10-11)13(17)14(12(15)19)5-8-18-9-6-14/h11H,2-10H2,1H3,(H2,15,19). The summed E-state index contributed by atoms with van der Waals surface area (Å²) in [7, 11) is 0. The van der Waals surface area contributed by atoms with Gasteiger partial charge in [-0.05, 0) is 31.6 Å². The molecule has 2 rings (SSSR count). The molecule has 5 heteroatoms. The number of rotatable bonds is 3. The van der Waals surface area contributed by atoms with Gasteiger partial charge in [0.1, 0.15) is 5.41 Å². The zero-order valence-corrected chi connectivity index (χ0v) is 12.5. The highest BCUT2D eigenvalue weighted by Gasteiger charge is 2.45. The molecule has 1 unspecified atom stereocenters. The van der Waals surface area contributed by atoms with Crippen molar-refractivity contribution in [2.45, 2.75) is 39.0 Å². The number of amides is 1. The van der Waals surface area contributed by atoms with Gasteiger partial charge in [0.25, 0.3) is 0 Å². The van der Waals surface area contributed by atoms with Crippen LogP contribution in [0.15, 0.2) is 0 Å². The summed E-state index contributed by atoms with van der Waals surface area (Å²) in [6.07, 6.45) is 4.72. The fraction of sp³-hybridized carbons (Fsp3) is 0.857. The van der Waals surface area contributed by atoms with Gasteiger partial charge in [-0.2, -0.15) is 0 Å². The van der Waals surface area contributed by atoms with Crippen LogP contribution in [0.1, 0.15) is 39.0 Å². The Morgan fingerprint density at radius 2 is 2.16 bits per heavy atom. The van der Waals surface area contributed by atoms with Gasteiger partial charge in [0.2, 0.25) is 5.91 Å². The predicted molar refractivity (Wildman–Crippen MR) is 78.9 cm³/mol. The van der Waals surface area contributed by atoms with Gasteiger partial charge in [-0.3, -0.25) is 4.79 Å². The summed E-state index contributed by atoms with van der Waals surface area (Å²) in [4.78, 5) is 15.2. The van der Waals surface area contributed by atoms with Crippen LogP contribution in [0, 0.1) is 11.3 Å². The Kier molecular flexibility index (Phi) is 4.79. The molecule has 1 atom stereocenters. The van der Waals surface area contributed by atoms with Gasteiger partial charge in [-0.25, -0.2) is 0 Å². The van der Waals surface area contributed by atoms with Gasteiger partial charge >= 0.3 is 0 Å². The van der Waals surface area contributed by atoms with Crippen molar-refractivity contribution >= 4 is 23.1 Å². The molecule has 0 aromatic carbocycles. The summed E-state index contributed by atoms with van der Waals surface area (Å²) in [5.74, 6) is 0.766. The minimum absolute atomic E-state index is 0.140. The van der Waals surface area contributed by atoms with E-state index >= 15 is 0 Å². The molecule has 2 fully saturated rings. The lowest BCUT2D eigenvalue weighted by molar-refractivity contribution is -0.144. The van der Waals surface area contributed by atoms with Crippen LogP contribution < -0.4 is 5.73 Å². The fourth-order valence-electron chi connectivity index (χ4n) is 3.17. The Bertz CT molecular complexity index is 353. The Morgan fingerprint density at radius 3 is 2.74 bits per heavy atom. The molecule has 0 bridgehead atoms. The summed E-state index contributed by atoms with van der Waals surface area (Å²) in [5.41, 5.74) is 5.26. The summed E-state index contributed by atoms with van der Waals surface area (Å²) < 4.78 is 5.37. The highest BCUT2D eigenvalue weighted by molar-refractivity contribution is 7.80. The molecular weight excluding hydrogens is 260 g/mol. The molecule has 2 heterocycles. The minimum Gasteiger partial charge on any atom is -0.392 e. The highest BCUT2D eigenvalue weighted by atomic mass is 32.1. The van der Waals surface area contributed by atoms with Crippen molar-refractivity contribution in [2.75, 3.05) is 26.3 Å². The van der Waals surface area contributed by atoms with Gasteiger partial charge in [0.05, 0.1) is 4.99 Å². The number of hydrogen-bond donors (Lipinski definition) is 1. The quantitative estimate of drug-likeness (QED) is 0.802. The molecule has 108 valence electrons. The predicted octanol–water partition coefficient (Wildman–Crippen LogP) is 1.72. The van der Waals surface area contributed by atoms with E-state index in [1.54, 1.807) is 0 Å². The summed E-state index contributed by atoms with van der Waals surface area (Å²) in [5, 5.41) is 0. The van der Waals surface area contributed by atoms with E-state index < -0.39 is 5.41 Å². The van der Waals surface area contributed by atoms with Crippen LogP contribution in [0.3, 0.4) is 0 Å². The second-order valence-electron chi connectivity index (χ2n) is 5.73. The van der Waals surface area contributed by atoms with Crippen molar-refractivity contribution < 1.29 is 9.53 Å². The number of hydrogen-bond acceptors (Lipinski definition) is 3. The number of ether oxygens (including phenoxy) is 1. The summed E-state index contributed by atoms with van der Waals surface area (Å²) in [6, 6.07) is 0. The number of carbonyl (C=O) groups excluding carboxylic acids is 1. The minimum atomic E-state index is -0.650. The molecule has 2 saturated heterocycles. The average Bonchev–Trinajstić information content (AvgIpc) is 2.47. The zero-order valence-electron chi connectivity index (χ0n) is 11.7. The molecule has 0 aromatic heterocycles. The Morgan fingerprint density at radius 1 is 1.47 bits per heavy atom. The molecule has 2 aliphatic rings. The van der Waals surface area contributed by atoms with Gasteiger partial charge in [0.15, 0.2) is 0 Å². The molecule has 19 heavy (non-hydrogen) atoms. The van der Waals surface area contributed by atoms with E-state index in [1.807, 2.05) is 4.90 Å². The Hall–Kier alpha value is -0.680. The highest BCUT2D eigenvalue weighted by Crippen LogP contribution is 2.35. The van der Waals surface area contributed by atoms with E-state index in [-0.39, 0.29) is 5.91 Å². The van der Waals surface area contributed by atoms with Crippen LogP contribution in [0.25, 0.3) is 0 Å². The first-order valence-electron chi connectivity index (χ1n) is 7.27. The molecule has 0 saturated carbocycles. The summed E-state index contributed by atoms with van der Waals surface area (Å²) in [6.45, 7) is 5.06. The van der Waals surface area contributed by atoms with E-state index in [4.69, 9.17) is 22.7 Å². The van der Waals surface area contributed by atoms with E-state index in [1.165, 1.54) is 6.42 Å². The number of piperidine rings is 1. The number of nitrogens with zero attached hydrogens (tertiary/aromatic N) is 1. The lowest BCUT2D eigenvalue weighted by Crippen LogP contribution is -2.55. The van der Waals surface area contributed by atoms with E-state index in [9.17, 15) is 4.79 Å². The lowest BCUT2D eigenvalue weighted by Gasteiger charge is -2.41. The molecule has 0 radical (unpaired) electrons. The van der Waals surface area contributed by atoms with Crippen LogP contribution in [-0.4, -0.2) is 42.1 Å². The molecule has 0 aliphatic carbocycles. The molecule has 4 nitrogen and oxygen atoms in total. The van der Waals surface area contributed by atoms with Crippen LogP contribution >= 0.6 is 12.2 Å². The lowest BCUT2D eigenvalue weighted by atomic mass is 9.78. The number of carbonyl (C=O) groups is 1. The number of likely N-dealkylation sites (tertiary alicyclic amines) is 1. The van der Waals surface area contributed by atoms with Crippen molar-refractivity contribution in [2.24, 2.45) is 17.1 Å². The Balaban J connectivity index is 2.13. The summed E-state index contributed by atoms with van der Waals surface area (Å²) >= 11 is 5.21. The third kappa shape index (κ3) is 2.92. The van der Waals surface area contributed by atoms with E-state index in [0.717, 1.165) is 25.9 Å². The molecule has 0 spiro atoms. The van der Waals surface area contributed by atoms with Crippen molar-refractivity contribution in [1.82, 2.24) is 4.90 Å². The van der Waals surface area contributed by atoms with Gasteiger partial charge in [-0.1, -0.05) is 25.6 Å². The van der Waals surface area contributed by atoms with Crippen molar-refractivity contribution in [3.8, 4) is 0 Å². The fourth-order valence-corrected chi connectivity index (χ4v) is 3.46. The van der Waals surface area contributed by atoms with E-state index in [0.29, 0.717) is 37.0 Å². The first-order chi connectivity index (χ1) is 9.10. The van der Waals surface area contributed by atoms with Crippen molar-refractivity contribution in [3.05, 3.63) is 0 Å². The van der Waals surface area contributed by atoms with Crippen LogP contribution in [-0.2, 0) is 9.53 Å². The van der Waals surface area contributed by atoms with Crippen LogP contribution in [0.4, 0.5) is 0 Å². The average molecular weight is 284 g/mol. The third-order valence-corrected chi connectivity index (χ3v) is 5.00. The molecule has 2 aliphatic heterocycles.